The minimum atomic E-state index is -0.708. The lowest BCUT2D eigenvalue weighted by Crippen LogP contribution is -2.16. The predicted octanol–water partition coefficient (Wildman–Crippen LogP) is 1.03. The first kappa shape index (κ1) is 10.8. The number of aliphatic hydroxyl groups is 1. The largest absolute Gasteiger partial charge is 0.390 e. The summed E-state index contributed by atoms with van der Waals surface area (Å²) in [6.45, 7) is 7.03. The van der Waals surface area contributed by atoms with Crippen LogP contribution in [0.4, 0.5) is 0 Å². The molecule has 1 N–H and O–H groups in total. The van der Waals surface area contributed by atoms with Crippen molar-refractivity contribution in [3.63, 3.8) is 0 Å². The third-order valence-electron chi connectivity index (χ3n) is 0.762. The van der Waals surface area contributed by atoms with Gasteiger partial charge in [0.25, 0.3) is 0 Å². The van der Waals surface area contributed by atoms with Gasteiger partial charge < -0.3 is 5.11 Å². The van der Waals surface area contributed by atoms with Crippen LogP contribution >= 0.6 is 0 Å². The van der Waals surface area contributed by atoms with Crippen LogP contribution in [0.1, 0.15) is 20.3 Å². The summed E-state index contributed by atoms with van der Waals surface area (Å²) in [6.07, 6.45) is 0.715. The molecule has 0 amide bonds. The average Bonchev–Trinajstić information content (AvgIpc) is 1.71. The molecule has 1 atom stereocenters. The summed E-state index contributed by atoms with van der Waals surface area (Å²) >= 11 is 0. The van der Waals surface area contributed by atoms with Gasteiger partial charge >= 0.3 is 0 Å². The standard InChI is InChI=1S/C5H11O.CH3O/c1-4-5(2,3)6;1-2/h6H,2,4H2,1,3H3;1H3. The second-order valence-electron chi connectivity index (χ2n) is 1.85. The minimum absolute atomic E-state index is 0.708. The van der Waals surface area contributed by atoms with Gasteiger partial charge in [-0.25, -0.2) is 5.11 Å². The van der Waals surface area contributed by atoms with E-state index in [1.54, 1.807) is 6.92 Å². The molecule has 0 bridgehead atoms. The zero-order chi connectivity index (χ0) is 7.21. The van der Waals surface area contributed by atoms with Crippen molar-refractivity contribution in [2.75, 3.05) is 7.11 Å². The van der Waals surface area contributed by atoms with Crippen LogP contribution in [0.3, 0.4) is 0 Å². The molecule has 0 saturated carbocycles. The van der Waals surface area contributed by atoms with Crippen molar-refractivity contribution >= 4 is 0 Å². The van der Waals surface area contributed by atoms with Crippen molar-refractivity contribution in [2.45, 2.75) is 25.9 Å². The van der Waals surface area contributed by atoms with Gasteiger partial charge in [0, 0.05) is 0 Å². The Labute approximate surface area is 51.2 Å². The van der Waals surface area contributed by atoms with E-state index in [9.17, 15) is 0 Å². The van der Waals surface area contributed by atoms with E-state index in [-0.39, 0.29) is 0 Å². The quantitative estimate of drug-likeness (QED) is 0.548. The highest BCUT2D eigenvalue weighted by molar-refractivity contribution is 4.70. The normalized spacial score (nSPS) is 9.75. The zero-order valence-corrected chi connectivity index (χ0v) is 5.77. The van der Waals surface area contributed by atoms with Crippen molar-refractivity contribution in [2.24, 2.45) is 0 Å². The highest BCUT2D eigenvalue weighted by Gasteiger charge is 2.06. The van der Waals surface area contributed by atoms with E-state index in [1.807, 2.05) is 6.92 Å². The number of rotatable bonds is 1. The molecule has 8 heavy (non-hydrogen) atoms. The lowest BCUT2D eigenvalue weighted by Gasteiger charge is -2.11. The molecule has 0 spiro atoms. The van der Waals surface area contributed by atoms with E-state index in [1.165, 1.54) is 0 Å². The molecule has 2 radical (unpaired) electrons. The summed E-state index contributed by atoms with van der Waals surface area (Å²) < 4.78 is 0. The first-order valence-corrected chi connectivity index (χ1v) is 2.55. The fourth-order valence-electron chi connectivity index (χ4n) is 0. The van der Waals surface area contributed by atoms with Crippen LogP contribution in [-0.2, 0) is 5.11 Å². The maximum Gasteiger partial charge on any atom is 0.0712 e. The molecule has 0 aliphatic heterocycles. The van der Waals surface area contributed by atoms with Gasteiger partial charge in [-0.1, -0.05) is 6.92 Å². The molecule has 0 rings (SSSR count). The summed E-state index contributed by atoms with van der Waals surface area (Å²) in [5, 5.41) is 17.0. The summed E-state index contributed by atoms with van der Waals surface area (Å²) in [5.74, 6) is 0. The third kappa shape index (κ3) is 16.8. The molecule has 0 heterocycles. The monoisotopic (exact) mass is 118 g/mol. The second-order valence-corrected chi connectivity index (χ2v) is 1.85. The Hall–Kier alpha value is -0.0800. The van der Waals surface area contributed by atoms with Gasteiger partial charge in [0.1, 0.15) is 0 Å². The van der Waals surface area contributed by atoms with Crippen molar-refractivity contribution < 1.29 is 10.2 Å². The van der Waals surface area contributed by atoms with E-state index in [0.717, 1.165) is 7.11 Å². The fraction of sp³-hybridized carbons (Fsp3) is 0.833. The molecule has 2 nitrogen and oxygen atoms in total. The van der Waals surface area contributed by atoms with Crippen molar-refractivity contribution in [1.29, 1.82) is 0 Å². The van der Waals surface area contributed by atoms with Gasteiger partial charge in [-0.15, -0.1) is 0 Å². The van der Waals surface area contributed by atoms with Gasteiger partial charge in [0.05, 0.1) is 12.7 Å². The summed E-state index contributed by atoms with van der Waals surface area (Å²) in [5.41, 5.74) is -0.708. The van der Waals surface area contributed by atoms with Gasteiger partial charge in [0.2, 0.25) is 0 Å². The molecule has 0 aromatic carbocycles. The second kappa shape index (κ2) is 5.06. The Bertz CT molecular complexity index is 36.3. The Balaban J connectivity index is 0. The molecular weight excluding hydrogens is 104 g/mol. The number of hydrogen-bond donors (Lipinski definition) is 1. The summed E-state index contributed by atoms with van der Waals surface area (Å²) in [6, 6.07) is 0. The van der Waals surface area contributed by atoms with Crippen molar-refractivity contribution in [1.82, 2.24) is 0 Å². The molecule has 0 fully saturated rings. The smallest absolute Gasteiger partial charge is 0.0712 e. The van der Waals surface area contributed by atoms with Gasteiger partial charge in [-0.3, -0.25) is 0 Å². The Morgan fingerprint density at radius 3 is 1.75 bits per heavy atom. The van der Waals surface area contributed by atoms with Gasteiger partial charge in [-0.2, -0.15) is 0 Å². The van der Waals surface area contributed by atoms with E-state index < -0.39 is 5.60 Å². The Morgan fingerprint density at radius 1 is 1.62 bits per heavy atom. The maximum absolute atomic E-state index is 8.72. The predicted molar refractivity (Wildman–Crippen MR) is 32.9 cm³/mol. The molecule has 50 valence electrons. The van der Waals surface area contributed by atoms with Crippen molar-refractivity contribution in [3.8, 4) is 0 Å². The highest BCUT2D eigenvalue weighted by atomic mass is 16.3. The van der Waals surface area contributed by atoms with Crippen LogP contribution in [0, 0.1) is 6.92 Å². The summed E-state index contributed by atoms with van der Waals surface area (Å²) in [7, 11) is 0.750. The van der Waals surface area contributed by atoms with Crippen molar-refractivity contribution in [3.05, 3.63) is 6.92 Å². The average molecular weight is 118 g/mol. The van der Waals surface area contributed by atoms with Gasteiger partial charge in [0.15, 0.2) is 0 Å². The summed E-state index contributed by atoms with van der Waals surface area (Å²) in [4.78, 5) is 0. The van der Waals surface area contributed by atoms with Crippen LogP contribution in [0.5, 0.6) is 0 Å². The lowest BCUT2D eigenvalue weighted by molar-refractivity contribution is 0.105. The Morgan fingerprint density at radius 2 is 1.75 bits per heavy atom. The van der Waals surface area contributed by atoms with Crippen LogP contribution in [0.2, 0.25) is 0 Å². The fourth-order valence-corrected chi connectivity index (χ4v) is 0. The SMILES string of the molecule is C[O].[CH2]C(C)(O)CC. The molecule has 2 heteroatoms. The van der Waals surface area contributed by atoms with E-state index in [2.05, 4.69) is 6.92 Å². The molecule has 0 aromatic heterocycles. The molecule has 0 aromatic rings. The van der Waals surface area contributed by atoms with Crippen LogP contribution in [0.25, 0.3) is 0 Å². The minimum Gasteiger partial charge on any atom is -0.390 e. The molecule has 0 saturated heterocycles. The molecule has 0 aliphatic carbocycles. The highest BCUT2D eigenvalue weighted by Crippen LogP contribution is 2.02. The molecule has 1 unspecified atom stereocenters. The van der Waals surface area contributed by atoms with E-state index in [0.29, 0.717) is 6.42 Å². The van der Waals surface area contributed by atoms with Gasteiger partial charge in [-0.05, 0) is 20.3 Å². The van der Waals surface area contributed by atoms with Crippen LogP contribution in [-0.4, -0.2) is 17.8 Å². The number of hydrogen-bond acceptors (Lipinski definition) is 1. The third-order valence-corrected chi connectivity index (χ3v) is 0.762. The maximum atomic E-state index is 8.72. The molecular formula is C6H14O2. The van der Waals surface area contributed by atoms with Crippen LogP contribution < -0.4 is 0 Å². The molecule has 0 aliphatic rings. The zero-order valence-electron chi connectivity index (χ0n) is 5.77. The van der Waals surface area contributed by atoms with Crippen LogP contribution in [0.15, 0.2) is 0 Å². The van der Waals surface area contributed by atoms with E-state index in [4.69, 9.17) is 10.2 Å². The first-order chi connectivity index (χ1) is 3.56. The Kier molecular flexibility index (Phi) is 6.85. The topological polar surface area (TPSA) is 40.1 Å². The first-order valence-electron chi connectivity index (χ1n) is 2.55. The lowest BCUT2D eigenvalue weighted by atomic mass is 10.1. The van der Waals surface area contributed by atoms with E-state index >= 15 is 0 Å².